The lowest BCUT2D eigenvalue weighted by atomic mass is 9.79. The minimum atomic E-state index is -0.557. The number of hydrogen-bond acceptors (Lipinski definition) is 3. The molecule has 0 radical (unpaired) electrons. The molecule has 2 N–H and O–H groups in total. The van der Waals surface area contributed by atoms with Crippen LogP contribution in [0.15, 0.2) is 0 Å². The number of nitrogens with zero attached hydrogens (tertiary/aromatic N) is 1. The molecule has 0 bridgehead atoms. The number of nitrogens with one attached hydrogen (secondary N) is 1. The van der Waals surface area contributed by atoms with E-state index < -0.39 is 5.60 Å². The van der Waals surface area contributed by atoms with Gasteiger partial charge in [-0.25, -0.2) is 0 Å². The molecule has 1 saturated carbocycles. The van der Waals surface area contributed by atoms with Crippen LogP contribution in [0.5, 0.6) is 0 Å². The average Bonchev–Trinajstić information content (AvgIpc) is 2.23. The van der Waals surface area contributed by atoms with Crippen molar-refractivity contribution in [1.29, 1.82) is 0 Å². The first-order chi connectivity index (χ1) is 7.93. The summed E-state index contributed by atoms with van der Waals surface area (Å²) in [4.78, 5) is 12.9. The van der Waals surface area contributed by atoms with Crippen LogP contribution in [0.3, 0.4) is 0 Å². The van der Waals surface area contributed by atoms with Gasteiger partial charge in [-0.3, -0.25) is 4.79 Å². The number of carbonyl (C=O) groups excluding carboxylic acids is 1. The maximum atomic E-state index is 11.3. The maximum Gasteiger partial charge on any atom is 0.223 e. The van der Waals surface area contributed by atoms with Crippen molar-refractivity contribution >= 4 is 5.91 Å². The van der Waals surface area contributed by atoms with Crippen LogP contribution in [0, 0.1) is 5.92 Å². The number of rotatable bonds is 5. The number of hydrogen-bond donors (Lipinski definition) is 2. The van der Waals surface area contributed by atoms with Gasteiger partial charge < -0.3 is 15.3 Å². The topological polar surface area (TPSA) is 52.6 Å². The molecule has 0 aromatic rings. The van der Waals surface area contributed by atoms with E-state index in [-0.39, 0.29) is 5.91 Å². The third-order valence-electron chi connectivity index (χ3n) is 3.54. The molecule has 17 heavy (non-hydrogen) atoms. The van der Waals surface area contributed by atoms with Gasteiger partial charge in [0.05, 0.1) is 5.60 Å². The van der Waals surface area contributed by atoms with Gasteiger partial charge in [-0.1, -0.05) is 19.8 Å². The van der Waals surface area contributed by atoms with Crippen molar-refractivity contribution < 1.29 is 9.90 Å². The van der Waals surface area contributed by atoms with Crippen LogP contribution < -0.4 is 5.32 Å². The van der Waals surface area contributed by atoms with Gasteiger partial charge in [-0.15, -0.1) is 0 Å². The van der Waals surface area contributed by atoms with Gasteiger partial charge in [0.25, 0.3) is 0 Å². The minimum Gasteiger partial charge on any atom is -0.389 e. The van der Waals surface area contributed by atoms with Crippen LogP contribution in [0.4, 0.5) is 0 Å². The van der Waals surface area contributed by atoms with E-state index in [2.05, 4.69) is 12.2 Å². The van der Waals surface area contributed by atoms with Gasteiger partial charge in [0.2, 0.25) is 5.91 Å². The van der Waals surface area contributed by atoms with Crippen molar-refractivity contribution in [1.82, 2.24) is 10.2 Å². The van der Waals surface area contributed by atoms with Gasteiger partial charge in [-0.2, -0.15) is 0 Å². The molecule has 2 atom stereocenters. The molecule has 0 aromatic carbocycles. The minimum absolute atomic E-state index is 0.126. The maximum absolute atomic E-state index is 11.3. The van der Waals surface area contributed by atoms with Crippen LogP contribution in [0.25, 0.3) is 0 Å². The zero-order valence-corrected chi connectivity index (χ0v) is 11.3. The first-order valence-corrected chi connectivity index (χ1v) is 6.56. The van der Waals surface area contributed by atoms with E-state index in [0.717, 1.165) is 19.3 Å². The molecular formula is C13H26N2O2. The van der Waals surface area contributed by atoms with Crippen molar-refractivity contribution in [2.45, 2.75) is 44.6 Å². The van der Waals surface area contributed by atoms with Gasteiger partial charge >= 0.3 is 0 Å². The van der Waals surface area contributed by atoms with E-state index >= 15 is 0 Å². The molecule has 2 unspecified atom stereocenters. The Morgan fingerprint density at radius 3 is 2.82 bits per heavy atom. The average molecular weight is 242 g/mol. The molecule has 0 aliphatic heterocycles. The smallest absolute Gasteiger partial charge is 0.223 e. The summed E-state index contributed by atoms with van der Waals surface area (Å²) in [5.74, 6) is 0.737. The summed E-state index contributed by atoms with van der Waals surface area (Å²) < 4.78 is 0. The largest absolute Gasteiger partial charge is 0.389 e. The highest BCUT2D eigenvalue weighted by Gasteiger charge is 2.31. The molecule has 100 valence electrons. The second-order valence-corrected chi connectivity index (χ2v) is 5.64. The molecule has 0 spiro atoms. The SMILES string of the molecule is CC1CCCC(O)(CNCCC(=O)N(C)C)C1. The van der Waals surface area contributed by atoms with E-state index in [9.17, 15) is 9.90 Å². The normalized spacial score (nSPS) is 29.1. The summed E-state index contributed by atoms with van der Waals surface area (Å²) in [6.45, 7) is 3.45. The second kappa shape index (κ2) is 6.36. The summed E-state index contributed by atoms with van der Waals surface area (Å²) in [5, 5.41) is 13.6. The van der Waals surface area contributed by atoms with Crippen LogP contribution >= 0.6 is 0 Å². The zero-order chi connectivity index (χ0) is 12.9. The molecule has 0 saturated heterocycles. The van der Waals surface area contributed by atoms with Crippen molar-refractivity contribution in [2.24, 2.45) is 5.92 Å². The van der Waals surface area contributed by atoms with E-state index in [4.69, 9.17) is 0 Å². The summed E-state index contributed by atoms with van der Waals surface area (Å²) in [5.41, 5.74) is -0.557. The Labute approximate surface area is 104 Å². The zero-order valence-electron chi connectivity index (χ0n) is 11.3. The highest BCUT2D eigenvalue weighted by Crippen LogP contribution is 2.31. The van der Waals surface area contributed by atoms with E-state index in [0.29, 0.717) is 25.4 Å². The number of aliphatic hydroxyl groups is 1. The number of carbonyl (C=O) groups is 1. The van der Waals surface area contributed by atoms with Gasteiger partial charge in [0.1, 0.15) is 0 Å². The summed E-state index contributed by atoms with van der Waals surface area (Å²) in [6, 6.07) is 0. The lowest BCUT2D eigenvalue weighted by Crippen LogP contribution is -2.44. The highest BCUT2D eigenvalue weighted by molar-refractivity contribution is 5.75. The molecule has 1 amide bonds. The fourth-order valence-corrected chi connectivity index (χ4v) is 2.53. The van der Waals surface area contributed by atoms with E-state index in [1.165, 1.54) is 6.42 Å². The number of amides is 1. The Balaban J connectivity index is 2.19. The Morgan fingerprint density at radius 1 is 1.53 bits per heavy atom. The fourth-order valence-electron chi connectivity index (χ4n) is 2.53. The Bertz CT molecular complexity index is 256. The standard InChI is InChI=1S/C13H26N2O2/c1-11-5-4-7-13(17,9-11)10-14-8-6-12(16)15(2)3/h11,14,17H,4-10H2,1-3H3. The summed E-state index contributed by atoms with van der Waals surface area (Å²) in [6.07, 6.45) is 4.59. The first kappa shape index (κ1) is 14.5. The molecule has 0 aromatic heterocycles. The van der Waals surface area contributed by atoms with Crippen LogP contribution in [-0.2, 0) is 4.79 Å². The molecule has 1 fully saturated rings. The Hall–Kier alpha value is -0.610. The highest BCUT2D eigenvalue weighted by atomic mass is 16.3. The van der Waals surface area contributed by atoms with Crippen molar-refractivity contribution in [3.05, 3.63) is 0 Å². The molecule has 4 heteroatoms. The van der Waals surface area contributed by atoms with Crippen LogP contribution in [0.1, 0.15) is 39.0 Å². The summed E-state index contributed by atoms with van der Waals surface area (Å²) in [7, 11) is 3.53. The third kappa shape index (κ3) is 5.04. The Morgan fingerprint density at radius 2 is 2.24 bits per heavy atom. The lowest BCUT2D eigenvalue weighted by molar-refractivity contribution is -0.128. The van der Waals surface area contributed by atoms with Gasteiger partial charge in [0, 0.05) is 33.6 Å². The van der Waals surface area contributed by atoms with Gasteiger partial charge in [0.15, 0.2) is 0 Å². The lowest BCUT2D eigenvalue weighted by Gasteiger charge is -2.35. The van der Waals surface area contributed by atoms with Crippen LogP contribution in [0.2, 0.25) is 0 Å². The van der Waals surface area contributed by atoms with Crippen LogP contribution in [-0.4, -0.2) is 48.7 Å². The third-order valence-corrected chi connectivity index (χ3v) is 3.54. The predicted octanol–water partition coefficient (Wildman–Crippen LogP) is 0.995. The predicted molar refractivity (Wildman–Crippen MR) is 68.8 cm³/mol. The first-order valence-electron chi connectivity index (χ1n) is 6.56. The molecule has 1 rings (SSSR count). The molecule has 0 heterocycles. The summed E-state index contributed by atoms with van der Waals surface area (Å²) >= 11 is 0. The second-order valence-electron chi connectivity index (χ2n) is 5.64. The van der Waals surface area contributed by atoms with Crippen molar-refractivity contribution in [2.75, 3.05) is 27.2 Å². The Kier molecular flexibility index (Phi) is 5.40. The quantitative estimate of drug-likeness (QED) is 0.707. The molecule has 1 aliphatic carbocycles. The van der Waals surface area contributed by atoms with Crippen molar-refractivity contribution in [3.8, 4) is 0 Å². The monoisotopic (exact) mass is 242 g/mol. The van der Waals surface area contributed by atoms with Gasteiger partial charge in [-0.05, 0) is 18.8 Å². The fraction of sp³-hybridized carbons (Fsp3) is 0.923. The molecule has 4 nitrogen and oxygen atoms in total. The van der Waals surface area contributed by atoms with E-state index in [1.807, 2.05) is 0 Å². The van der Waals surface area contributed by atoms with Crippen molar-refractivity contribution in [3.63, 3.8) is 0 Å². The molecule has 1 aliphatic rings. The van der Waals surface area contributed by atoms with E-state index in [1.54, 1.807) is 19.0 Å². The molecular weight excluding hydrogens is 216 g/mol.